The van der Waals surface area contributed by atoms with Crippen LogP contribution in [0.25, 0.3) is 0 Å². The fourth-order valence-electron chi connectivity index (χ4n) is 2.34. The predicted molar refractivity (Wildman–Crippen MR) is 66.2 cm³/mol. The molecule has 1 unspecified atom stereocenters. The highest BCUT2D eigenvalue weighted by atomic mass is 16.5. The van der Waals surface area contributed by atoms with E-state index in [-0.39, 0.29) is 18.8 Å². The summed E-state index contributed by atoms with van der Waals surface area (Å²) in [6.45, 7) is 5.61. The maximum Gasteiger partial charge on any atom is 0.320 e. The lowest BCUT2D eigenvalue weighted by atomic mass is 9.80. The van der Waals surface area contributed by atoms with E-state index in [0.29, 0.717) is 17.7 Å². The maximum atomic E-state index is 12.4. The fraction of sp³-hybridized carbons (Fsp3) is 0.357. The minimum Gasteiger partial charge on any atom is -0.465 e. The second-order valence-corrected chi connectivity index (χ2v) is 4.30. The molecule has 0 bridgehead atoms. The number of ether oxygens (including phenoxy) is 1. The third kappa shape index (κ3) is 1.74. The summed E-state index contributed by atoms with van der Waals surface area (Å²) in [5, 5.41) is 0. The van der Waals surface area contributed by atoms with E-state index in [1.54, 1.807) is 31.3 Å². The van der Waals surface area contributed by atoms with Crippen LogP contribution in [-0.4, -0.2) is 23.3 Å². The summed E-state index contributed by atoms with van der Waals surface area (Å²) in [7, 11) is 0. The second-order valence-electron chi connectivity index (χ2n) is 4.30. The molecule has 0 spiro atoms. The van der Waals surface area contributed by atoms with E-state index >= 15 is 0 Å². The minimum absolute atomic E-state index is 0.205. The zero-order chi connectivity index (χ0) is 13.2. The number of fused-ring (bicyclic) bond motifs is 1. The molecule has 1 heterocycles. The van der Waals surface area contributed by atoms with Gasteiger partial charge in [0.05, 0.1) is 12.3 Å². The molecule has 0 aromatic carbocycles. The van der Waals surface area contributed by atoms with Crippen molar-refractivity contribution in [2.45, 2.75) is 19.8 Å². The van der Waals surface area contributed by atoms with Gasteiger partial charge in [-0.1, -0.05) is 6.08 Å². The van der Waals surface area contributed by atoms with Crippen LogP contribution in [0.3, 0.4) is 0 Å². The molecule has 4 heteroatoms. The monoisotopic (exact) mass is 245 g/mol. The Morgan fingerprint density at radius 1 is 1.67 bits per heavy atom. The predicted octanol–water partition coefficient (Wildman–Crippen LogP) is 1.95. The first-order valence-corrected chi connectivity index (χ1v) is 5.92. The highest BCUT2D eigenvalue weighted by Gasteiger charge is 2.52. The van der Waals surface area contributed by atoms with Gasteiger partial charge in [-0.2, -0.15) is 0 Å². The van der Waals surface area contributed by atoms with Gasteiger partial charge >= 0.3 is 5.97 Å². The number of hydrogen-bond donors (Lipinski definition) is 0. The number of nitrogens with zero attached hydrogens (tertiary/aromatic N) is 1. The topological polar surface area (TPSA) is 56.3 Å². The zero-order valence-corrected chi connectivity index (χ0v) is 10.3. The lowest BCUT2D eigenvalue weighted by Gasteiger charge is -2.22. The largest absolute Gasteiger partial charge is 0.465 e. The van der Waals surface area contributed by atoms with Gasteiger partial charge in [0.2, 0.25) is 0 Å². The molecule has 0 amide bonds. The van der Waals surface area contributed by atoms with Gasteiger partial charge in [0, 0.05) is 18.2 Å². The average molecular weight is 245 g/mol. The van der Waals surface area contributed by atoms with E-state index in [9.17, 15) is 9.59 Å². The lowest BCUT2D eigenvalue weighted by Crippen LogP contribution is -2.38. The summed E-state index contributed by atoms with van der Waals surface area (Å²) in [4.78, 5) is 28.7. The van der Waals surface area contributed by atoms with Crippen LogP contribution < -0.4 is 0 Å². The Hall–Kier alpha value is -1.97. The first-order valence-electron chi connectivity index (χ1n) is 5.92. The molecule has 1 aromatic rings. The molecule has 1 atom stereocenters. The summed E-state index contributed by atoms with van der Waals surface area (Å²) in [6, 6.07) is 3.40. The SMILES string of the molecule is C=CCC1(C(=O)OCC)Cc2ncccc2C1=O. The molecule has 0 saturated heterocycles. The molecule has 94 valence electrons. The number of ketones is 1. The first kappa shape index (κ1) is 12.5. The van der Waals surface area contributed by atoms with Gasteiger partial charge in [0.15, 0.2) is 5.78 Å². The number of aromatic nitrogens is 1. The molecule has 0 aliphatic heterocycles. The van der Waals surface area contributed by atoms with Gasteiger partial charge in [0.1, 0.15) is 5.41 Å². The van der Waals surface area contributed by atoms with Crippen LogP contribution in [-0.2, 0) is 16.0 Å². The summed E-state index contributed by atoms with van der Waals surface area (Å²) in [6.07, 6.45) is 3.79. The van der Waals surface area contributed by atoms with Crippen LogP contribution in [0.15, 0.2) is 31.0 Å². The quantitative estimate of drug-likeness (QED) is 0.462. The van der Waals surface area contributed by atoms with Gasteiger partial charge in [-0.3, -0.25) is 14.6 Å². The summed E-state index contributed by atoms with van der Waals surface area (Å²) >= 11 is 0. The van der Waals surface area contributed by atoms with Crippen molar-refractivity contribution in [3.8, 4) is 0 Å². The molecule has 0 N–H and O–H groups in total. The number of Topliss-reactive ketones (excluding diaryl/α,β-unsaturated/α-hetero) is 1. The number of esters is 1. The number of hydrogen-bond acceptors (Lipinski definition) is 4. The Morgan fingerprint density at radius 2 is 2.44 bits per heavy atom. The first-order chi connectivity index (χ1) is 8.65. The van der Waals surface area contributed by atoms with E-state index in [4.69, 9.17) is 4.74 Å². The number of carbonyl (C=O) groups is 2. The van der Waals surface area contributed by atoms with Gasteiger partial charge in [0.25, 0.3) is 0 Å². The standard InChI is InChI=1S/C14H15NO3/c1-3-7-14(13(17)18-4-2)9-11-10(12(14)16)6-5-8-15-11/h3,5-6,8H,1,4,7,9H2,2H3. The van der Waals surface area contributed by atoms with Crippen LogP contribution in [0.5, 0.6) is 0 Å². The Morgan fingerprint density at radius 3 is 3.06 bits per heavy atom. The van der Waals surface area contributed by atoms with E-state index in [1.165, 1.54) is 0 Å². The highest BCUT2D eigenvalue weighted by molar-refractivity contribution is 6.15. The number of carbonyl (C=O) groups excluding carboxylic acids is 2. The Kier molecular flexibility index (Phi) is 3.28. The van der Waals surface area contributed by atoms with Crippen molar-refractivity contribution in [3.05, 3.63) is 42.2 Å². The molecule has 0 saturated carbocycles. The summed E-state index contributed by atoms with van der Waals surface area (Å²) < 4.78 is 5.05. The number of pyridine rings is 1. The molecule has 1 aliphatic carbocycles. The van der Waals surface area contributed by atoms with Crippen LogP contribution in [0.1, 0.15) is 29.4 Å². The van der Waals surface area contributed by atoms with Crippen molar-refractivity contribution in [3.63, 3.8) is 0 Å². The summed E-state index contributed by atoms with van der Waals surface area (Å²) in [5.41, 5.74) is 0.0267. The number of rotatable bonds is 4. The van der Waals surface area contributed by atoms with Gasteiger partial charge in [-0.25, -0.2) is 0 Å². The average Bonchev–Trinajstić information content (AvgIpc) is 2.65. The molecule has 2 rings (SSSR count). The number of allylic oxidation sites excluding steroid dienone is 1. The Labute approximate surface area is 106 Å². The molecular weight excluding hydrogens is 230 g/mol. The zero-order valence-electron chi connectivity index (χ0n) is 10.3. The van der Waals surface area contributed by atoms with Gasteiger partial charge in [-0.15, -0.1) is 6.58 Å². The van der Waals surface area contributed by atoms with Crippen LogP contribution >= 0.6 is 0 Å². The van der Waals surface area contributed by atoms with Crippen molar-refractivity contribution in [2.75, 3.05) is 6.61 Å². The highest BCUT2D eigenvalue weighted by Crippen LogP contribution is 2.40. The van der Waals surface area contributed by atoms with Crippen molar-refractivity contribution in [1.29, 1.82) is 0 Å². The minimum atomic E-state index is -1.16. The van der Waals surface area contributed by atoms with Crippen molar-refractivity contribution < 1.29 is 14.3 Å². The smallest absolute Gasteiger partial charge is 0.320 e. The van der Waals surface area contributed by atoms with E-state index in [0.717, 1.165) is 0 Å². The van der Waals surface area contributed by atoms with Crippen molar-refractivity contribution in [1.82, 2.24) is 4.98 Å². The lowest BCUT2D eigenvalue weighted by molar-refractivity contribution is -0.151. The van der Waals surface area contributed by atoms with E-state index < -0.39 is 11.4 Å². The molecule has 1 aliphatic rings. The summed E-state index contributed by atoms with van der Waals surface area (Å²) in [5.74, 6) is -0.683. The van der Waals surface area contributed by atoms with Crippen molar-refractivity contribution >= 4 is 11.8 Å². The van der Waals surface area contributed by atoms with Gasteiger partial charge in [-0.05, 0) is 25.5 Å². The van der Waals surface area contributed by atoms with Crippen LogP contribution in [0, 0.1) is 5.41 Å². The third-order valence-electron chi connectivity index (χ3n) is 3.20. The fourth-order valence-corrected chi connectivity index (χ4v) is 2.34. The molecule has 0 radical (unpaired) electrons. The molecule has 0 fully saturated rings. The van der Waals surface area contributed by atoms with E-state index in [1.807, 2.05) is 0 Å². The van der Waals surface area contributed by atoms with Crippen molar-refractivity contribution in [2.24, 2.45) is 5.41 Å². The Bertz CT molecular complexity index is 510. The Balaban J connectivity index is 2.44. The van der Waals surface area contributed by atoms with Gasteiger partial charge < -0.3 is 4.74 Å². The maximum absolute atomic E-state index is 12.4. The molecule has 1 aromatic heterocycles. The van der Waals surface area contributed by atoms with E-state index in [2.05, 4.69) is 11.6 Å². The molecule has 4 nitrogen and oxygen atoms in total. The molecule has 18 heavy (non-hydrogen) atoms. The normalized spacial score (nSPS) is 21.5. The second kappa shape index (κ2) is 4.72. The van der Waals surface area contributed by atoms with Crippen LogP contribution in [0.2, 0.25) is 0 Å². The molecular formula is C14H15NO3. The van der Waals surface area contributed by atoms with Crippen LogP contribution in [0.4, 0.5) is 0 Å². The third-order valence-corrected chi connectivity index (χ3v) is 3.20.